The van der Waals surface area contributed by atoms with Crippen LogP contribution in [0.1, 0.15) is 47.5 Å². The van der Waals surface area contributed by atoms with Crippen LogP contribution in [0.5, 0.6) is 0 Å². The highest BCUT2D eigenvalue weighted by molar-refractivity contribution is 5.66. The van der Waals surface area contributed by atoms with E-state index in [9.17, 15) is 4.79 Å². The van der Waals surface area contributed by atoms with Crippen LogP contribution in [0.2, 0.25) is 0 Å². The van der Waals surface area contributed by atoms with Crippen molar-refractivity contribution in [2.75, 3.05) is 6.61 Å². The van der Waals surface area contributed by atoms with Crippen LogP contribution in [0.15, 0.2) is 0 Å². The fourth-order valence-corrected chi connectivity index (χ4v) is 1.30. The van der Waals surface area contributed by atoms with Crippen molar-refractivity contribution in [3.8, 4) is 0 Å². The summed E-state index contributed by atoms with van der Waals surface area (Å²) in [6, 6.07) is 0. The van der Waals surface area contributed by atoms with E-state index < -0.39 is 11.2 Å². The maximum atomic E-state index is 11.0. The van der Waals surface area contributed by atoms with Crippen molar-refractivity contribution in [3.05, 3.63) is 0 Å². The molecule has 0 bridgehead atoms. The minimum atomic E-state index is -0.677. The van der Waals surface area contributed by atoms with Crippen LogP contribution in [-0.4, -0.2) is 29.9 Å². The van der Waals surface area contributed by atoms with E-state index in [-0.39, 0.29) is 12.1 Å². The van der Waals surface area contributed by atoms with Gasteiger partial charge in [-0.2, -0.15) is 0 Å². The molecule has 17 heavy (non-hydrogen) atoms. The van der Waals surface area contributed by atoms with Crippen LogP contribution < -0.4 is 11.5 Å². The third kappa shape index (κ3) is 6.00. The molecule has 0 atom stereocenters. The molecule has 0 amide bonds. The van der Waals surface area contributed by atoms with Crippen molar-refractivity contribution in [1.29, 1.82) is 0 Å². The van der Waals surface area contributed by atoms with Crippen molar-refractivity contribution < 1.29 is 14.3 Å². The summed E-state index contributed by atoms with van der Waals surface area (Å²) in [5.74, 6) is -0.310. The van der Waals surface area contributed by atoms with E-state index in [0.29, 0.717) is 13.0 Å². The molecule has 102 valence electrons. The van der Waals surface area contributed by atoms with Gasteiger partial charge in [0.15, 0.2) is 0 Å². The van der Waals surface area contributed by atoms with Gasteiger partial charge in [0.1, 0.15) is 11.2 Å². The number of carbonyl (C=O) groups excluding carboxylic acids is 1. The Morgan fingerprint density at radius 1 is 1.18 bits per heavy atom. The average Bonchev–Trinajstić information content (AvgIpc) is 2.09. The first-order valence-electron chi connectivity index (χ1n) is 5.93. The molecule has 0 aromatic carbocycles. The summed E-state index contributed by atoms with van der Waals surface area (Å²) >= 11 is 0. The van der Waals surface area contributed by atoms with Crippen molar-refractivity contribution >= 4 is 5.97 Å². The molecule has 0 aliphatic heterocycles. The van der Waals surface area contributed by atoms with Gasteiger partial charge in [0.2, 0.25) is 0 Å². The highest BCUT2D eigenvalue weighted by Crippen LogP contribution is 2.29. The number of hydrogen-bond donors (Lipinski definition) is 2. The SMILES string of the molecule is CC(=O)OC(C)(C)C(C)(C)OCCCC(N)N. The Bertz CT molecular complexity index is 250. The molecule has 5 heteroatoms. The van der Waals surface area contributed by atoms with Gasteiger partial charge in [0.05, 0.1) is 6.17 Å². The zero-order valence-corrected chi connectivity index (χ0v) is 11.6. The zero-order valence-electron chi connectivity index (χ0n) is 11.6. The standard InChI is InChI=1S/C12H26N2O3/c1-9(15)17-12(4,5)11(2,3)16-8-6-7-10(13)14/h10H,6-8,13-14H2,1-5H3. The molecule has 5 nitrogen and oxygen atoms in total. The third-order valence-corrected chi connectivity index (χ3v) is 2.99. The summed E-state index contributed by atoms with van der Waals surface area (Å²) in [6.07, 6.45) is 1.20. The monoisotopic (exact) mass is 246 g/mol. The van der Waals surface area contributed by atoms with Crippen molar-refractivity contribution in [3.63, 3.8) is 0 Å². The second-order valence-electron chi connectivity index (χ2n) is 5.27. The molecule has 0 aliphatic rings. The first-order chi connectivity index (χ1) is 7.58. The quantitative estimate of drug-likeness (QED) is 0.399. The Hall–Kier alpha value is -0.650. The molecule has 0 saturated heterocycles. The fourth-order valence-electron chi connectivity index (χ4n) is 1.30. The predicted molar refractivity (Wildman–Crippen MR) is 67.3 cm³/mol. The van der Waals surface area contributed by atoms with Crippen LogP contribution in [0, 0.1) is 0 Å². The Balaban J connectivity index is 4.21. The number of rotatable bonds is 7. The van der Waals surface area contributed by atoms with Crippen molar-refractivity contribution in [2.45, 2.75) is 64.8 Å². The molecule has 0 saturated carbocycles. The maximum absolute atomic E-state index is 11.0. The molecule has 0 spiro atoms. The van der Waals surface area contributed by atoms with E-state index in [1.807, 2.05) is 27.7 Å². The second-order valence-corrected chi connectivity index (χ2v) is 5.27. The van der Waals surface area contributed by atoms with Gasteiger partial charge < -0.3 is 20.9 Å². The molecule has 0 radical (unpaired) electrons. The van der Waals surface area contributed by atoms with E-state index in [2.05, 4.69) is 0 Å². The largest absolute Gasteiger partial charge is 0.457 e. The lowest BCUT2D eigenvalue weighted by Crippen LogP contribution is -2.50. The van der Waals surface area contributed by atoms with Gasteiger partial charge in [-0.15, -0.1) is 0 Å². The molecule has 0 heterocycles. The Morgan fingerprint density at radius 3 is 2.12 bits per heavy atom. The lowest BCUT2D eigenvalue weighted by molar-refractivity contribution is -0.190. The molecule has 0 aromatic heterocycles. The van der Waals surface area contributed by atoms with Crippen LogP contribution >= 0.6 is 0 Å². The number of esters is 1. The molecular formula is C12H26N2O3. The zero-order chi connectivity index (χ0) is 13.7. The predicted octanol–water partition coefficient (Wildman–Crippen LogP) is 1.15. The normalized spacial score (nSPS) is 12.9. The second kappa shape index (κ2) is 6.33. The van der Waals surface area contributed by atoms with Gasteiger partial charge >= 0.3 is 5.97 Å². The highest BCUT2D eigenvalue weighted by Gasteiger charge is 2.40. The molecule has 0 unspecified atom stereocenters. The lowest BCUT2D eigenvalue weighted by Gasteiger charge is -2.40. The Kier molecular flexibility index (Phi) is 6.09. The smallest absolute Gasteiger partial charge is 0.303 e. The summed E-state index contributed by atoms with van der Waals surface area (Å²) in [7, 11) is 0. The number of ether oxygens (including phenoxy) is 2. The Labute approximate surface area is 104 Å². The minimum absolute atomic E-state index is 0.303. The number of nitrogens with two attached hydrogens (primary N) is 2. The summed E-state index contributed by atoms with van der Waals surface area (Å²) in [5, 5.41) is 0. The third-order valence-electron chi connectivity index (χ3n) is 2.99. The van der Waals surface area contributed by atoms with E-state index in [4.69, 9.17) is 20.9 Å². The van der Waals surface area contributed by atoms with E-state index in [0.717, 1.165) is 6.42 Å². The Morgan fingerprint density at radius 2 is 1.71 bits per heavy atom. The fraction of sp³-hybridized carbons (Fsp3) is 0.917. The molecule has 0 rings (SSSR count). The van der Waals surface area contributed by atoms with Crippen LogP contribution in [0.4, 0.5) is 0 Å². The summed E-state index contributed by atoms with van der Waals surface area (Å²) in [5.41, 5.74) is 9.66. The van der Waals surface area contributed by atoms with Gasteiger partial charge in [-0.3, -0.25) is 4.79 Å². The average molecular weight is 246 g/mol. The van der Waals surface area contributed by atoms with Gasteiger partial charge in [0.25, 0.3) is 0 Å². The van der Waals surface area contributed by atoms with Gasteiger partial charge in [-0.1, -0.05) is 0 Å². The molecular weight excluding hydrogens is 220 g/mol. The molecule has 0 aliphatic carbocycles. The van der Waals surface area contributed by atoms with Crippen molar-refractivity contribution in [2.24, 2.45) is 11.5 Å². The van der Waals surface area contributed by atoms with Gasteiger partial charge in [-0.25, -0.2) is 0 Å². The van der Waals surface area contributed by atoms with E-state index in [1.165, 1.54) is 6.92 Å². The van der Waals surface area contributed by atoms with Crippen LogP contribution in [-0.2, 0) is 14.3 Å². The van der Waals surface area contributed by atoms with Crippen LogP contribution in [0.3, 0.4) is 0 Å². The highest BCUT2D eigenvalue weighted by atomic mass is 16.6. The lowest BCUT2D eigenvalue weighted by atomic mass is 9.89. The number of hydrogen-bond acceptors (Lipinski definition) is 5. The first-order valence-corrected chi connectivity index (χ1v) is 5.93. The molecule has 0 fully saturated rings. The first kappa shape index (κ1) is 16.4. The van der Waals surface area contributed by atoms with E-state index in [1.54, 1.807) is 0 Å². The van der Waals surface area contributed by atoms with Crippen LogP contribution in [0.25, 0.3) is 0 Å². The summed E-state index contributed by atoms with van der Waals surface area (Å²) in [6.45, 7) is 9.41. The summed E-state index contributed by atoms with van der Waals surface area (Å²) < 4.78 is 11.0. The molecule has 4 N–H and O–H groups in total. The van der Waals surface area contributed by atoms with Gasteiger partial charge in [0, 0.05) is 13.5 Å². The van der Waals surface area contributed by atoms with E-state index >= 15 is 0 Å². The summed E-state index contributed by atoms with van der Waals surface area (Å²) in [4.78, 5) is 11.0. The molecule has 0 aromatic rings. The maximum Gasteiger partial charge on any atom is 0.303 e. The van der Waals surface area contributed by atoms with Gasteiger partial charge in [-0.05, 0) is 40.5 Å². The van der Waals surface area contributed by atoms with Crippen molar-refractivity contribution in [1.82, 2.24) is 0 Å². The minimum Gasteiger partial charge on any atom is -0.457 e. The number of carbonyl (C=O) groups is 1. The topological polar surface area (TPSA) is 87.6 Å².